The van der Waals surface area contributed by atoms with Crippen molar-refractivity contribution in [1.82, 2.24) is 4.98 Å². The Balaban J connectivity index is 1.92. The number of carbonyl (C=O) groups is 1. The van der Waals surface area contributed by atoms with Crippen LogP contribution in [0.3, 0.4) is 0 Å². The molecule has 4 nitrogen and oxygen atoms in total. The van der Waals surface area contributed by atoms with Gasteiger partial charge in [0.15, 0.2) is 0 Å². The van der Waals surface area contributed by atoms with Crippen molar-refractivity contribution in [3.8, 4) is 0 Å². The van der Waals surface area contributed by atoms with Gasteiger partial charge in [0.2, 0.25) is 0 Å². The van der Waals surface area contributed by atoms with E-state index in [9.17, 15) is 4.79 Å². The Morgan fingerprint density at radius 3 is 2.84 bits per heavy atom. The molecule has 3 aromatic rings. The molecule has 0 atom stereocenters. The minimum atomic E-state index is -0.240. The summed E-state index contributed by atoms with van der Waals surface area (Å²) in [5, 5.41) is 3.52. The van der Waals surface area contributed by atoms with Gasteiger partial charge in [-0.05, 0) is 34.1 Å². The van der Waals surface area contributed by atoms with Crippen LogP contribution in [0, 0.1) is 0 Å². The maximum atomic E-state index is 12.2. The molecule has 0 unspecified atom stereocenters. The lowest BCUT2D eigenvalue weighted by molar-refractivity contribution is 0.102. The first-order chi connectivity index (χ1) is 9.24. The topological polar surface area (TPSA) is 55.1 Å². The molecule has 2 aromatic heterocycles. The highest BCUT2D eigenvalue weighted by Crippen LogP contribution is 2.21. The van der Waals surface area contributed by atoms with Crippen molar-refractivity contribution in [1.29, 1.82) is 0 Å². The van der Waals surface area contributed by atoms with E-state index < -0.39 is 0 Å². The zero-order valence-corrected chi connectivity index (χ0v) is 11.3. The number of aromatic nitrogens is 1. The summed E-state index contributed by atoms with van der Waals surface area (Å²) in [6, 6.07) is 12.7. The van der Waals surface area contributed by atoms with Crippen LogP contribution in [-0.4, -0.2) is 10.9 Å². The van der Waals surface area contributed by atoms with E-state index >= 15 is 0 Å². The van der Waals surface area contributed by atoms with Crippen LogP contribution in [0.5, 0.6) is 0 Å². The zero-order chi connectivity index (χ0) is 13.2. The Morgan fingerprint density at radius 1 is 1.16 bits per heavy atom. The second-order valence-electron chi connectivity index (χ2n) is 3.95. The van der Waals surface area contributed by atoms with Crippen LogP contribution in [0.2, 0.25) is 0 Å². The number of para-hydroxylation sites is 1. The third-order valence-electron chi connectivity index (χ3n) is 2.68. The largest absolute Gasteiger partial charge is 0.463 e. The van der Waals surface area contributed by atoms with Crippen molar-refractivity contribution in [3.63, 3.8) is 0 Å². The summed E-state index contributed by atoms with van der Waals surface area (Å²) in [7, 11) is 0. The summed E-state index contributed by atoms with van der Waals surface area (Å²) in [6.07, 6.45) is 1.46. The normalized spacial score (nSPS) is 10.6. The minimum absolute atomic E-state index is 0.240. The Hall–Kier alpha value is -2.14. The zero-order valence-electron chi connectivity index (χ0n) is 9.76. The second kappa shape index (κ2) is 4.85. The van der Waals surface area contributed by atoms with Gasteiger partial charge in [0.05, 0.1) is 5.56 Å². The van der Waals surface area contributed by atoms with Crippen LogP contribution < -0.4 is 5.32 Å². The lowest BCUT2D eigenvalue weighted by Gasteiger charge is -2.03. The minimum Gasteiger partial charge on any atom is -0.463 e. The number of halogens is 1. The van der Waals surface area contributed by atoms with Crippen molar-refractivity contribution in [2.24, 2.45) is 0 Å². The molecule has 1 N–H and O–H groups in total. The average molecular weight is 317 g/mol. The quantitative estimate of drug-likeness (QED) is 0.731. The second-order valence-corrected chi connectivity index (χ2v) is 4.76. The van der Waals surface area contributed by atoms with Gasteiger partial charge in [-0.3, -0.25) is 4.79 Å². The number of pyridine rings is 1. The highest BCUT2D eigenvalue weighted by molar-refractivity contribution is 9.10. The molecular weight excluding hydrogens is 308 g/mol. The number of nitrogens with zero attached hydrogens (tertiary/aromatic N) is 1. The molecule has 94 valence electrons. The molecule has 0 fully saturated rings. The highest BCUT2D eigenvalue weighted by Gasteiger charge is 2.13. The van der Waals surface area contributed by atoms with E-state index in [2.05, 4.69) is 26.2 Å². The van der Waals surface area contributed by atoms with Gasteiger partial charge in [-0.1, -0.05) is 24.3 Å². The molecule has 0 aliphatic rings. The maximum absolute atomic E-state index is 12.2. The molecule has 0 aliphatic heterocycles. The lowest BCUT2D eigenvalue weighted by Crippen LogP contribution is -2.12. The molecule has 1 aromatic carbocycles. The Kier molecular flexibility index (Phi) is 3.05. The summed E-state index contributed by atoms with van der Waals surface area (Å²) in [4.78, 5) is 16.3. The van der Waals surface area contributed by atoms with Gasteiger partial charge in [0, 0.05) is 5.39 Å². The molecule has 1 amide bonds. The van der Waals surface area contributed by atoms with Crippen LogP contribution in [0.25, 0.3) is 11.0 Å². The summed E-state index contributed by atoms with van der Waals surface area (Å²) in [5.74, 6) is 0.250. The predicted octanol–water partition coefficient (Wildman–Crippen LogP) is 3.84. The number of fused-ring (bicyclic) bond motifs is 1. The molecular formula is C14H9BrN2O2. The van der Waals surface area contributed by atoms with Crippen molar-refractivity contribution in [3.05, 3.63) is 58.9 Å². The lowest BCUT2D eigenvalue weighted by atomic mass is 10.1. The van der Waals surface area contributed by atoms with E-state index in [1.54, 1.807) is 18.2 Å². The van der Waals surface area contributed by atoms with Crippen molar-refractivity contribution in [2.75, 3.05) is 5.32 Å². The SMILES string of the molecule is O=C(Nc1cccc(Br)n1)c1coc2ccccc12. The van der Waals surface area contributed by atoms with E-state index in [4.69, 9.17) is 4.42 Å². The molecule has 0 radical (unpaired) electrons. The molecule has 0 aliphatic carbocycles. The molecule has 0 spiro atoms. The number of anilines is 1. The standard InChI is InChI=1S/C14H9BrN2O2/c15-12-6-3-7-13(16-12)17-14(18)10-8-19-11-5-2-1-4-9(10)11/h1-8H,(H,16,17,18). The number of hydrogen-bond acceptors (Lipinski definition) is 3. The summed E-state index contributed by atoms with van der Waals surface area (Å²) in [6.45, 7) is 0. The monoisotopic (exact) mass is 316 g/mol. The number of carbonyl (C=O) groups excluding carboxylic acids is 1. The highest BCUT2D eigenvalue weighted by atomic mass is 79.9. The van der Waals surface area contributed by atoms with Gasteiger partial charge in [-0.2, -0.15) is 0 Å². The molecule has 19 heavy (non-hydrogen) atoms. The van der Waals surface area contributed by atoms with Crippen molar-refractivity contribution in [2.45, 2.75) is 0 Å². The van der Waals surface area contributed by atoms with Crippen LogP contribution in [0.1, 0.15) is 10.4 Å². The number of hydrogen-bond donors (Lipinski definition) is 1. The van der Waals surface area contributed by atoms with Gasteiger partial charge in [0.25, 0.3) is 5.91 Å². The number of furan rings is 1. The van der Waals surface area contributed by atoms with E-state index in [-0.39, 0.29) is 5.91 Å². The van der Waals surface area contributed by atoms with Crippen LogP contribution in [0.15, 0.2) is 57.7 Å². The fourth-order valence-corrected chi connectivity index (χ4v) is 2.16. The van der Waals surface area contributed by atoms with Gasteiger partial charge in [-0.15, -0.1) is 0 Å². The van der Waals surface area contributed by atoms with Crippen molar-refractivity contribution < 1.29 is 9.21 Å². The van der Waals surface area contributed by atoms with Crippen molar-refractivity contribution >= 4 is 38.6 Å². The van der Waals surface area contributed by atoms with Crippen LogP contribution >= 0.6 is 15.9 Å². The van der Waals surface area contributed by atoms with Gasteiger partial charge >= 0.3 is 0 Å². The van der Waals surface area contributed by atoms with E-state index in [0.717, 1.165) is 5.39 Å². The Bertz CT molecular complexity index is 752. The molecule has 0 bridgehead atoms. The van der Waals surface area contributed by atoms with Crippen LogP contribution in [-0.2, 0) is 0 Å². The molecule has 0 saturated heterocycles. The fourth-order valence-electron chi connectivity index (χ4n) is 1.82. The number of rotatable bonds is 2. The molecule has 2 heterocycles. The number of nitrogens with one attached hydrogen (secondary N) is 1. The third-order valence-corrected chi connectivity index (χ3v) is 3.12. The fraction of sp³-hybridized carbons (Fsp3) is 0. The smallest absolute Gasteiger partial charge is 0.260 e. The van der Waals surface area contributed by atoms with Gasteiger partial charge in [-0.25, -0.2) is 4.98 Å². The molecule has 5 heteroatoms. The first kappa shape index (κ1) is 11.9. The number of amides is 1. The summed E-state index contributed by atoms with van der Waals surface area (Å²) in [5.41, 5.74) is 1.19. The summed E-state index contributed by atoms with van der Waals surface area (Å²) < 4.78 is 6.01. The Morgan fingerprint density at radius 2 is 2.00 bits per heavy atom. The van der Waals surface area contributed by atoms with Gasteiger partial charge in [0.1, 0.15) is 22.3 Å². The van der Waals surface area contributed by atoms with Crippen LogP contribution in [0.4, 0.5) is 5.82 Å². The first-order valence-corrected chi connectivity index (χ1v) is 6.43. The van der Waals surface area contributed by atoms with Gasteiger partial charge < -0.3 is 9.73 Å². The van der Waals surface area contributed by atoms with E-state index in [1.807, 2.05) is 24.3 Å². The molecule has 0 saturated carbocycles. The number of benzene rings is 1. The molecule has 3 rings (SSSR count). The predicted molar refractivity (Wildman–Crippen MR) is 76.1 cm³/mol. The Labute approximate surface area is 117 Å². The first-order valence-electron chi connectivity index (χ1n) is 5.64. The third kappa shape index (κ3) is 2.37. The van der Waals surface area contributed by atoms with E-state index in [1.165, 1.54) is 6.26 Å². The van der Waals surface area contributed by atoms with E-state index in [0.29, 0.717) is 21.6 Å². The average Bonchev–Trinajstić information content (AvgIpc) is 2.82. The maximum Gasteiger partial charge on any atom is 0.260 e. The summed E-state index contributed by atoms with van der Waals surface area (Å²) >= 11 is 3.26.